The Kier molecular flexibility index (Phi) is 3.66. The molecule has 0 aliphatic carbocycles. The molecule has 0 amide bonds. The van der Waals surface area contributed by atoms with Crippen LogP contribution in [0.5, 0.6) is 0 Å². The summed E-state index contributed by atoms with van der Waals surface area (Å²) in [5, 5.41) is 12.3. The molecule has 0 spiro atoms. The van der Waals surface area contributed by atoms with E-state index in [-0.39, 0.29) is 6.04 Å². The number of aromatic nitrogens is 3. The first-order valence-corrected chi connectivity index (χ1v) is 7.60. The molecular weight excluding hydrogens is 388 g/mol. The summed E-state index contributed by atoms with van der Waals surface area (Å²) in [5.41, 5.74) is 1.76. The van der Waals surface area contributed by atoms with Crippen molar-refractivity contribution in [2.45, 2.75) is 6.04 Å². The molecule has 20 heavy (non-hydrogen) atoms. The summed E-state index contributed by atoms with van der Waals surface area (Å²) in [6.07, 6.45) is 0. The van der Waals surface area contributed by atoms with E-state index in [4.69, 9.17) is 4.42 Å². The topological polar surface area (TPSA) is 55.9 Å². The van der Waals surface area contributed by atoms with Crippen molar-refractivity contribution in [1.29, 1.82) is 0 Å². The first-order chi connectivity index (χ1) is 9.61. The summed E-state index contributed by atoms with van der Waals surface area (Å²) in [7, 11) is 3.74. The minimum atomic E-state index is -0.122. The second-order valence-electron chi connectivity index (χ2n) is 4.42. The molecule has 1 aromatic carbocycles. The molecule has 0 aliphatic heterocycles. The van der Waals surface area contributed by atoms with Gasteiger partial charge in [0.15, 0.2) is 4.60 Å². The molecule has 1 unspecified atom stereocenters. The number of nitrogens with zero attached hydrogens (tertiary/aromatic N) is 3. The number of nitrogens with one attached hydrogen (secondary N) is 1. The fraction of sp³-hybridized carbons (Fsp3) is 0.231. The molecule has 0 saturated heterocycles. The van der Waals surface area contributed by atoms with Crippen LogP contribution in [-0.2, 0) is 7.05 Å². The molecule has 2 aromatic heterocycles. The molecule has 1 atom stereocenters. The largest absolute Gasteiger partial charge is 0.458 e. The quantitative estimate of drug-likeness (QED) is 0.733. The Labute approximate surface area is 132 Å². The Morgan fingerprint density at radius 1 is 1.35 bits per heavy atom. The van der Waals surface area contributed by atoms with Crippen LogP contribution in [0.15, 0.2) is 37.8 Å². The summed E-state index contributed by atoms with van der Waals surface area (Å²) < 4.78 is 9.37. The first kappa shape index (κ1) is 13.8. The normalized spacial score (nSPS) is 13.0. The van der Waals surface area contributed by atoms with Gasteiger partial charge in [0.05, 0.1) is 10.2 Å². The van der Waals surface area contributed by atoms with Crippen LogP contribution in [0.25, 0.3) is 11.0 Å². The van der Waals surface area contributed by atoms with Crippen molar-refractivity contribution in [2.24, 2.45) is 7.05 Å². The fourth-order valence-corrected chi connectivity index (χ4v) is 3.27. The highest BCUT2D eigenvalue weighted by atomic mass is 79.9. The van der Waals surface area contributed by atoms with Crippen LogP contribution in [0.3, 0.4) is 0 Å². The van der Waals surface area contributed by atoms with E-state index in [1.54, 1.807) is 4.68 Å². The van der Waals surface area contributed by atoms with Crippen LogP contribution in [-0.4, -0.2) is 22.0 Å². The van der Waals surface area contributed by atoms with Crippen molar-refractivity contribution in [2.75, 3.05) is 7.05 Å². The number of hydrogen-bond acceptors (Lipinski definition) is 4. The summed E-state index contributed by atoms with van der Waals surface area (Å²) in [4.78, 5) is 0. The third-order valence-corrected chi connectivity index (χ3v) is 4.38. The molecule has 0 fully saturated rings. The number of hydrogen-bond donors (Lipinski definition) is 1. The van der Waals surface area contributed by atoms with Gasteiger partial charge in [0.25, 0.3) is 0 Å². The fourth-order valence-electron chi connectivity index (χ4n) is 2.25. The second kappa shape index (κ2) is 5.31. The third-order valence-electron chi connectivity index (χ3n) is 3.19. The van der Waals surface area contributed by atoms with E-state index in [0.29, 0.717) is 4.60 Å². The van der Waals surface area contributed by atoms with Crippen molar-refractivity contribution in [3.63, 3.8) is 0 Å². The Bertz CT molecular complexity index is 745. The molecule has 0 aliphatic rings. The highest BCUT2D eigenvalue weighted by Crippen LogP contribution is 2.33. The number of furan rings is 1. The number of para-hydroxylation sites is 1. The zero-order chi connectivity index (χ0) is 14.3. The van der Waals surface area contributed by atoms with Gasteiger partial charge in [0, 0.05) is 12.4 Å². The van der Waals surface area contributed by atoms with Crippen LogP contribution in [0, 0.1) is 0 Å². The van der Waals surface area contributed by atoms with Gasteiger partial charge in [-0.1, -0.05) is 17.3 Å². The van der Waals surface area contributed by atoms with Crippen LogP contribution < -0.4 is 5.32 Å². The molecule has 104 valence electrons. The van der Waals surface area contributed by atoms with Gasteiger partial charge in [-0.3, -0.25) is 0 Å². The van der Waals surface area contributed by atoms with Crippen LogP contribution in [0.1, 0.15) is 17.5 Å². The number of halogens is 2. The van der Waals surface area contributed by atoms with E-state index < -0.39 is 0 Å². The average molecular weight is 400 g/mol. The van der Waals surface area contributed by atoms with Crippen LogP contribution in [0.4, 0.5) is 0 Å². The summed E-state index contributed by atoms with van der Waals surface area (Å²) >= 11 is 6.93. The predicted octanol–water partition coefficient (Wildman–Crippen LogP) is 3.40. The number of aryl methyl sites for hydroxylation is 1. The van der Waals surface area contributed by atoms with Gasteiger partial charge in [-0.25, -0.2) is 4.68 Å². The Morgan fingerprint density at radius 3 is 2.75 bits per heavy atom. The average Bonchev–Trinajstić information content (AvgIpc) is 2.99. The summed E-state index contributed by atoms with van der Waals surface area (Å²) in [6, 6.07) is 7.88. The van der Waals surface area contributed by atoms with Gasteiger partial charge in [-0.2, -0.15) is 0 Å². The lowest BCUT2D eigenvalue weighted by molar-refractivity contribution is 0.471. The third kappa shape index (κ3) is 2.19. The van der Waals surface area contributed by atoms with Crippen molar-refractivity contribution in [3.8, 4) is 0 Å². The maximum absolute atomic E-state index is 5.99. The molecule has 5 nitrogen and oxygen atoms in total. The molecule has 0 saturated carbocycles. The van der Waals surface area contributed by atoms with Gasteiger partial charge in [0.2, 0.25) is 0 Å². The van der Waals surface area contributed by atoms with Gasteiger partial charge < -0.3 is 9.73 Å². The van der Waals surface area contributed by atoms with E-state index in [1.165, 1.54) is 0 Å². The SMILES string of the molecule is CNC(c1cc2cccc(Br)c2o1)c1c(Br)nnn1C. The molecule has 3 aromatic rings. The monoisotopic (exact) mass is 398 g/mol. The second-order valence-corrected chi connectivity index (χ2v) is 6.02. The van der Waals surface area contributed by atoms with Crippen LogP contribution in [0.2, 0.25) is 0 Å². The first-order valence-electron chi connectivity index (χ1n) is 6.02. The molecule has 1 N–H and O–H groups in total. The zero-order valence-electron chi connectivity index (χ0n) is 10.9. The van der Waals surface area contributed by atoms with E-state index in [2.05, 4.69) is 47.5 Å². The lowest BCUT2D eigenvalue weighted by Gasteiger charge is -2.13. The minimum absolute atomic E-state index is 0.122. The Hall–Kier alpha value is -1.18. The molecule has 2 heterocycles. The maximum Gasteiger partial charge on any atom is 0.153 e. The lowest BCUT2D eigenvalue weighted by Crippen LogP contribution is -2.20. The van der Waals surface area contributed by atoms with Crippen molar-refractivity contribution in [3.05, 3.63) is 44.8 Å². The minimum Gasteiger partial charge on any atom is -0.458 e. The summed E-state index contributed by atoms with van der Waals surface area (Å²) in [5.74, 6) is 0.820. The highest BCUT2D eigenvalue weighted by molar-refractivity contribution is 9.10. The van der Waals surface area contributed by atoms with Gasteiger partial charge in [0.1, 0.15) is 17.4 Å². The van der Waals surface area contributed by atoms with E-state index in [9.17, 15) is 0 Å². The van der Waals surface area contributed by atoms with Crippen molar-refractivity contribution in [1.82, 2.24) is 20.3 Å². The lowest BCUT2D eigenvalue weighted by atomic mass is 10.1. The predicted molar refractivity (Wildman–Crippen MR) is 83.5 cm³/mol. The van der Waals surface area contributed by atoms with Crippen LogP contribution >= 0.6 is 31.9 Å². The van der Waals surface area contributed by atoms with Gasteiger partial charge in [-0.05, 0) is 51.0 Å². The van der Waals surface area contributed by atoms with E-state index in [0.717, 1.165) is 26.9 Å². The zero-order valence-corrected chi connectivity index (χ0v) is 14.1. The molecule has 0 bridgehead atoms. The van der Waals surface area contributed by atoms with Crippen molar-refractivity contribution >= 4 is 42.8 Å². The van der Waals surface area contributed by atoms with Gasteiger partial charge in [-0.15, -0.1) is 5.10 Å². The van der Waals surface area contributed by atoms with E-state index >= 15 is 0 Å². The standard InChI is InChI=1S/C13H12Br2N4O/c1-16-10(11-13(15)17-18-19(11)2)9-6-7-4-3-5-8(14)12(7)20-9/h3-6,10,16H,1-2H3. The molecule has 7 heteroatoms. The smallest absolute Gasteiger partial charge is 0.153 e. The number of rotatable bonds is 3. The molecular formula is C13H12Br2N4O. The maximum atomic E-state index is 5.99. The highest BCUT2D eigenvalue weighted by Gasteiger charge is 2.24. The number of fused-ring (bicyclic) bond motifs is 1. The molecule has 0 radical (unpaired) electrons. The summed E-state index contributed by atoms with van der Waals surface area (Å²) in [6.45, 7) is 0. The molecule has 3 rings (SSSR count). The van der Waals surface area contributed by atoms with Crippen molar-refractivity contribution < 1.29 is 4.42 Å². The number of benzene rings is 1. The Balaban J connectivity index is 2.15. The Morgan fingerprint density at radius 2 is 2.15 bits per heavy atom. The van der Waals surface area contributed by atoms with Gasteiger partial charge >= 0.3 is 0 Å². The van der Waals surface area contributed by atoms with E-state index in [1.807, 2.05) is 38.4 Å².